The van der Waals surface area contributed by atoms with Crippen molar-refractivity contribution in [2.45, 2.75) is 32.7 Å². The van der Waals surface area contributed by atoms with Crippen LogP contribution in [0.25, 0.3) is 0 Å². The minimum absolute atomic E-state index is 0.142. The van der Waals surface area contributed by atoms with Gasteiger partial charge in [-0.05, 0) is 48.2 Å². The highest BCUT2D eigenvalue weighted by Gasteiger charge is 2.09. The summed E-state index contributed by atoms with van der Waals surface area (Å²) < 4.78 is 13.3. The summed E-state index contributed by atoms with van der Waals surface area (Å²) in [5.41, 5.74) is 3.39. The van der Waals surface area contributed by atoms with Crippen molar-refractivity contribution < 1.29 is 4.39 Å². The van der Waals surface area contributed by atoms with E-state index in [-0.39, 0.29) is 11.9 Å². The van der Waals surface area contributed by atoms with E-state index in [9.17, 15) is 4.39 Å². The second-order valence-electron chi connectivity index (χ2n) is 4.71. The van der Waals surface area contributed by atoms with Gasteiger partial charge in [0, 0.05) is 5.69 Å². The predicted octanol–water partition coefficient (Wildman–Crippen LogP) is 4.95. The molecular weight excluding hydrogens is 237 g/mol. The molecule has 0 amide bonds. The van der Waals surface area contributed by atoms with Gasteiger partial charge in [0.25, 0.3) is 0 Å². The third-order valence-electron chi connectivity index (χ3n) is 3.36. The molecule has 0 aliphatic heterocycles. The zero-order valence-corrected chi connectivity index (χ0v) is 11.5. The van der Waals surface area contributed by atoms with Gasteiger partial charge in [0.15, 0.2) is 0 Å². The van der Waals surface area contributed by atoms with E-state index in [0.717, 1.165) is 24.1 Å². The maximum Gasteiger partial charge on any atom is 0.123 e. The number of anilines is 1. The van der Waals surface area contributed by atoms with E-state index in [4.69, 9.17) is 0 Å². The van der Waals surface area contributed by atoms with Crippen molar-refractivity contribution in [3.63, 3.8) is 0 Å². The van der Waals surface area contributed by atoms with E-state index in [1.807, 2.05) is 6.07 Å². The molecule has 100 valence electrons. The van der Waals surface area contributed by atoms with Crippen molar-refractivity contribution in [1.82, 2.24) is 0 Å². The molecule has 0 heterocycles. The van der Waals surface area contributed by atoms with Crippen LogP contribution in [0.15, 0.2) is 48.5 Å². The normalized spacial score (nSPS) is 12.2. The number of halogens is 1. The molecule has 2 aromatic rings. The minimum atomic E-state index is -0.181. The highest BCUT2D eigenvalue weighted by atomic mass is 19.1. The summed E-state index contributed by atoms with van der Waals surface area (Å²) in [4.78, 5) is 0. The van der Waals surface area contributed by atoms with Crippen molar-refractivity contribution in [3.8, 4) is 0 Å². The van der Waals surface area contributed by atoms with Crippen LogP contribution in [0.2, 0.25) is 0 Å². The largest absolute Gasteiger partial charge is 0.378 e. The van der Waals surface area contributed by atoms with Crippen molar-refractivity contribution >= 4 is 5.69 Å². The molecule has 2 heteroatoms. The lowest BCUT2D eigenvalue weighted by Gasteiger charge is -2.19. The van der Waals surface area contributed by atoms with Crippen LogP contribution in [0.1, 0.15) is 37.4 Å². The smallest absolute Gasteiger partial charge is 0.123 e. The van der Waals surface area contributed by atoms with E-state index in [0.29, 0.717) is 0 Å². The Morgan fingerprint density at radius 2 is 1.79 bits per heavy atom. The van der Waals surface area contributed by atoms with Crippen LogP contribution in [0.3, 0.4) is 0 Å². The number of hydrogen-bond donors (Lipinski definition) is 1. The molecule has 0 saturated carbocycles. The van der Waals surface area contributed by atoms with Crippen LogP contribution >= 0.6 is 0 Å². The van der Waals surface area contributed by atoms with Crippen LogP contribution in [0.5, 0.6) is 0 Å². The quantitative estimate of drug-likeness (QED) is 0.799. The fourth-order valence-electron chi connectivity index (χ4n) is 2.18. The first-order valence-electron chi connectivity index (χ1n) is 6.84. The second kappa shape index (κ2) is 6.37. The fraction of sp³-hybridized carbons (Fsp3) is 0.294. The lowest BCUT2D eigenvalue weighted by molar-refractivity contribution is 0.621. The standard InChI is InChI=1S/C17H20FN/c1-3-13-8-10-16(11-9-13)19-17(4-2)14-6-5-7-15(18)12-14/h5-12,17,19H,3-4H2,1-2H3. The van der Waals surface area contributed by atoms with Crippen LogP contribution in [-0.2, 0) is 6.42 Å². The van der Waals surface area contributed by atoms with Gasteiger partial charge in [-0.25, -0.2) is 4.39 Å². The Hall–Kier alpha value is -1.83. The summed E-state index contributed by atoms with van der Waals surface area (Å²) in [6.07, 6.45) is 1.96. The van der Waals surface area contributed by atoms with E-state index < -0.39 is 0 Å². The first kappa shape index (κ1) is 13.6. The third-order valence-corrected chi connectivity index (χ3v) is 3.36. The summed E-state index contributed by atoms with van der Waals surface area (Å²) in [7, 11) is 0. The molecule has 0 aromatic heterocycles. The van der Waals surface area contributed by atoms with Gasteiger partial charge in [-0.1, -0.05) is 38.1 Å². The summed E-state index contributed by atoms with van der Waals surface area (Å²) >= 11 is 0. The van der Waals surface area contributed by atoms with Gasteiger partial charge in [-0.3, -0.25) is 0 Å². The first-order valence-corrected chi connectivity index (χ1v) is 6.84. The van der Waals surface area contributed by atoms with Crippen molar-refractivity contribution in [1.29, 1.82) is 0 Å². The molecule has 0 spiro atoms. The van der Waals surface area contributed by atoms with Gasteiger partial charge in [-0.2, -0.15) is 0 Å². The zero-order chi connectivity index (χ0) is 13.7. The van der Waals surface area contributed by atoms with Gasteiger partial charge in [-0.15, -0.1) is 0 Å². The topological polar surface area (TPSA) is 12.0 Å². The molecule has 0 aliphatic rings. The molecule has 1 N–H and O–H groups in total. The Morgan fingerprint density at radius 1 is 1.05 bits per heavy atom. The van der Waals surface area contributed by atoms with Gasteiger partial charge >= 0.3 is 0 Å². The maximum absolute atomic E-state index is 13.3. The average molecular weight is 257 g/mol. The molecule has 2 aromatic carbocycles. The number of hydrogen-bond acceptors (Lipinski definition) is 1. The summed E-state index contributed by atoms with van der Waals surface area (Å²) in [5, 5.41) is 3.46. The van der Waals surface area contributed by atoms with Crippen molar-refractivity contribution in [2.75, 3.05) is 5.32 Å². The van der Waals surface area contributed by atoms with Crippen LogP contribution in [0.4, 0.5) is 10.1 Å². The van der Waals surface area contributed by atoms with Gasteiger partial charge in [0.1, 0.15) is 5.82 Å². The molecule has 1 atom stereocenters. The third kappa shape index (κ3) is 3.57. The molecule has 2 rings (SSSR count). The monoisotopic (exact) mass is 257 g/mol. The van der Waals surface area contributed by atoms with Gasteiger partial charge in [0.05, 0.1) is 6.04 Å². The highest BCUT2D eigenvalue weighted by Crippen LogP contribution is 2.23. The summed E-state index contributed by atoms with van der Waals surface area (Å²) in [5.74, 6) is -0.181. The molecule has 0 saturated heterocycles. The van der Waals surface area contributed by atoms with Crippen LogP contribution < -0.4 is 5.32 Å². The van der Waals surface area contributed by atoms with Crippen molar-refractivity contribution in [3.05, 3.63) is 65.5 Å². The maximum atomic E-state index is 13.3. The Labute approximate surface area is 114 Å². The highest BCUT2D eigenvalue weighted by molar-refractivity contribution is 5.46. The molecule has 0 radical (unpaired) electrons. The second-order valence-corrected chi connectivity index (χ2v) is 4.71. The Morgan fingerprint density at radius 3 is 2.37 bits per heavy atom. The SMILES string of the molecule is CCc1ccc(NC(CC)c2cccc(F)c2)cc1. The lowest BCUT2D eigenvalue weighted by atomic mass is 10.0. The molecule has 0 aliphatic carbocycles. The molecule has 0 fully saturated rings. The van der Waals surface area contributed by atoms with E-state index in [1.165, 1.54) is 11.6 Å². The fourth-order valence-corrected chi connectivity index (χ4v) is 2.18. The average Bonchev–Trinajstić information content (AvgIpc) is 2.45. The van der Waals surface area contributed by atoms with Crippen molar-refractivity contribution in [2.24, 2.45) is 0 Å². The van der Waals surface area contributed by atoms with E-state index in [2.05, 4.69) is 43.4 Å². The molecular formula is C17H20FN. The molecule has 1 nitrogen and oxygen atoms in total. The zero-order valence-electron chi connectivity index (χ0n) is 11.5. The minimum Gasteiger partial charge on any atom is -0.378 e. The van der Waals surface area contributed by atoms with Crippen LogP contribution in [0, 0.1) is 5.82 Å². The van der Waals surface area contributed by atoms with E-state index in [1.54, 1.807) is 12.1 Å². The van der Waals surface area contributed by atoms with E-state index >= 15 is 0 Å². The summed E-state index contributed by atoms with van der Waals surface area (Å²) in [6, 6.07) is 15.4. The number of aryl methyl sites for hydroxylation is 1. The first-order chi connectivity index (χ1) is 9.22. The van der Waals surface area contributed by atoms with Gasteiger partial charge < -0.3 is 5.32 Å². The molecule has 1 unspecified atom stereocenters. The number of rotatable bonds is 5. The molecule has 0 bridgehead atoms. The Kier molecular flexibility index (Phi) is 4.56. The number of benzene rings is 2. The lowest BCUT2D eigenvalue weighted by Crippen LogP contribution is -2.09. The van der Waals surface area contributed by atoms with Gasteiger partial charge in [0.2, 0.25) is 0 Å². The summed E-state index contributed by atoms with van der Waals surface area (Å²) in [6.45, 7) is 4.24. The Bertz CT molecular complexity index is 519. The molecule has 19 heavy (non-hydrogen) atoms. The predicted molar refractivity (Wildman–Crippen MR) is 78.9 cm³/mol. The Balaban J connectivity index is 2.14. The van der Waals surface area contributed by atoms with Crippen LogP contribution in [-0.4, -0.2) is 0 Å². The number of nitrogens with one attached hydrogen (secondary N) is 1.